The quantitative estimate of drug-likeness (QED) is 0.860. The van der Waals surface area contributed by atoms with Crippen LogP contribution in [0.2, 0.25) is 0 Å². The van der Waals surface area contributed by atoms with Crippen LogP contribution in [0.1, 0.15) is 26.2 Å². The number of nitrogens with zero attached hydrogens (tertiary/aromatic N) is 4. The maximum absolute atomic E-state index is 4.61. The molecule has 0 amide bonds. The summed E-state index contributed by atoms with van der Waals surface area (Å²) >= 11 is 0. The molecule has 1 fully saturated rings. The first kappa shape index (κ1) is 12.2. The zero-order valence-electron chi connectivity index (χ0n) is 11.5. The van der Waals surface area contributed by atoms with Crippen LogP contribution in [-0.2, 0) is 0 Å². The monoisotopic (exact) mass is 260 g/mol. The zero-order chi connectivity index (χ0) is 13.2. The van der Waals surface area contributed by atoms with Gasteiger partial charge in [-0.05, 0) is 25.7 Å². The number of imidazole rings is 1. The Balaban J connectivity index is 1.97. The molecule has 0 radical (unpaired) electrons. The predicted octanol–water partition coefficient (Wildman–Crippen LogP) is 2.02. The predicted molar refractivity (Wildman–Crippen MR) is 76.5 cm³/mol. The van der Waals surface area contributed by atoms with Gasteiger partial charge in [-0.1, -0.05) is 6.42 Å². The number of aromatic amines is 1. The molecule has 0 spiro atoms. The number of rotatable bonds is 5. The molecule has 2 aromatic rings. The Morgan fingerprint density at radius 1 is 1.42 bits per heavy atom. The van der Waals surface area contributed by atoms with Crippen molar-refractivity contribution in [1.29, 1.82) is 0 Å². The molecule has 102 valence electrons. The van der Waals surface area contributed by atoms with E-state index in [9.17, 15) is 0 Å². The standard InChI is InChI=1S/C13H20N6/c1-3-19(7-9-5-4-6-9)12-10-11(16-8-15-10)17-13(14-2)18-12/h8-9H,3-7H2,1-2H3,(H2,14,15,16,17,18). The van der Waals surface area contributed by atoms with Gasteiger partial charge in [-0.25, -0.2) is 4.98 Å². The largest absolute Gasteiger partial charge is 0.357 e. The minimum Gasteiger partial charge on any atom is -0.357 e. The summed E-state index contributed by atoms with van der Waals surface area (Å²) in [6.45, 7) is 4.19. The van der Waals surface area contributed by atoms with Gasteiger partial charge in [-0.3, -0.25) is 0 Å². The second-order valence-electron chi connectivity index (χ2n) is 5.06. The molecule has 2 heterocycles. The summed E-state index contributed by atoms with van der Waals surface area (Å²) in [6.07, 6.45) is 5.73. The highest BCUT2D eigenvalue weighted by Crippen LogP contribution is 2.30. The van der Waals surface area contributed by atoms with E-state index in [1.54, 1.807) is 6.33 Å². The number of nitrogens with one attached hydrogen (secondary N) is 2. The molecule has 19 heavy (non-hydrogen) atoms. The average molecular weight is 260 g/mol. The Hall–Kier alpha value is -1.85. The first-order valence-electron chi connectivity index (χ1n) is 6.95. The molecular formula is C13H20N6. The van der Waals surface area contributed by atoms with Crippen molar-refractivity contribution in [1.82, 2.24) is 19.9 Å². The molecule has 0 saturated heterocycles. The molecule has 0 unspecified atom stereocenters. The lowest BCUT2D eigenvalue weighted by atomic mass is 9.85. The Morgan fingerprint density at radius 3 is 2.89 bits per heavy atom. The highest BCUT2D eigenvalue weighted by atomic mass is 15.2. The molecule has 3 rings (SSSR count). The number of fused-ring (bicyclic) bond motifs is 1. The fourth-order valence-electron chi connectivity index (χ4n) is 2.51. The third kappa shape index (κ3) is 2.22. The SMILES string of the molecule is CCN(CC1CCC1)c1nc(NC)nc2nc[nH]c12. The van der Waals surface area contributed by atoms with Gasteiger partial charge in [-0.15, -0.1) is 0 Å². The van der Waals surface area contributed by atoms with Crippen LogP contribution in [0.4, 0.5) is 11.8 Å². The van der Waals surface area contributed by atoms with Gasteiger partial charge in [0.05, 0.1) is 6.33 Å². The van der Waals surface area contributed by atoms with E-state index in [4.69, 9.17) is 0 Å². The minimum atomic E-state index is 0.627. The topological polar surface area (TPSA) is 69.7 Å². The highest BCUT2D eigenvalue weighted by molar-refractivity contribution is 5.84. The summed E-state index contributed by atoms with van der Waals surface area (Å²) in [4.78, 5) is 18.7. The molecule has 6 heteroatoms. The van der Waals surface area contributed by atoms with Crippen LogP contribution < -0.4 is 10.2 Å². The Kier molecular flexibility index (Phi) is 3.23. The molecule has 2 aromatic heterocycles. The van der Waals surface area contributed by atoms with Crippen molar-refractivity contribution in [3.05, 3.63) is 6.33 Å². The molecule has 0 aromatic carbocycles. The fourth-order valence-corrected chi connectivity index (χ4v) is 2.51. The van der Waals surface area contributed by atoms with Crippen LogP contribution in [0.5, 0.6) is 0 Å². The number of anilines is 2. The van der Waals surface area contributed by atoms with E-state index in [-0.39, 0.29) is 0 Å². The summed E-state index contributed by atoms with van der Waals surface area (Å²) in [7, 11) is 1.83. The second-order valence-corrected chi connectivity index (χ2v) is 5.06. The molecule has 0 bridgehead atoms. The first-order chi connectivity index (χ1) is 9.31. The van der Waals surface area contributed by atoms with Crippen molar-refractivity contribution in [2.75, 3.05) is 30.4 Å². The van der Waals surface area contributed by atoms with E-state index in [1.807, 2.05) is 7.05 Å². The number of aromatic nitrogens is 4. The van der Waals surface area contributed by atoms with Crippen LogP contribution in [0, 0.1) is 5.92 Å². The summed E-state index contributed by atoms with van der Waals surface area (Å²) < 4.78 is 0. The van der Waals surface area contributed by atoms with Gasteiger partial charge < -0.3 is 15.2 Å². The lowest BCUT2D eigenvalue weighted by Gasteiger charge is -2.32. The lowest BCUT2D eigenvalue weighted by molar-refractivity contribution is 0.318. The third-order valence-corrected chi connectivity index (χ3v) is 3.87. The van der Waals surface area contributed by atoms with Crippen molar-refractivity contribution in [2.45, 2.75) is 26.2 Å². The van der Waals surface area contributed by atoms with Crippen LogP contribution in [0.15, 0.2) is 6.33 Å². The van der Waals surface area contributed by atoms with Gasteiger partial charge in [0.25, 0.3) is 0 Å². The molecule has 1 aliphatic rings. The Bertz CT molecular complexity index is 559. The normalized spacial score (nSPS) is 15.5. The summed E-state index contributed by atoms with van der Waals surface area (Å²) in [5, 5.41) is 3.01. The molecule has 2 N–H and O–H groups in total. The first-order valence-corrected chi connectivity index (χ1v) is 6.95. The van der Waals surface area contributed by atoms with Crippen LogP contribution in [-0.4, -0.2) is 40.1 Å². The van der Waals surface area contributed by atoms with Crippen LogP contribution >= 0.6 is 0 Å². The van der Waals surface area contributed by atoms with Crippen molar-refractivity contribution in [3.63, 3.8) is 0 Å². The van der Waals surface area contributed by atoms with Gasteiger partial charge in [0.1, 0.15) is 5.52 Å². The average Bonchev–Trinajstić information content (AvgIpc) is 2.85. The van der Waals surface area contributed by atoms with Crippen molar-refractivity contribution in [2.24, 2.45) is 5.92 Å². The summed E-state index contributed by atoms with van der Waals surface area (Å²) in [6, 6.07) is 0. The Labute approximate surface area is 112 Å². The fraction of sp³-hybridized carbons (Fsp3) is 0.615. The summed E-state index contributed by atoms with van der Waals surface area (Å²) in [5.74, 6) is 2.40. The summed E-state index contributed by atoms with van der Waals surface area (Å²) in [5.41, 5.74) is 1.65. The number of hydrogen-bond donors (Lipinski definition) is 2. The van der Waals surface area contributed by atoms with Gasteiger partial charge in [0.15, 0.2) is 11.5 Å². The Morgan fingerprint density at radius 2 is 2.26 bits per heavy atom. The maximum Gasteiger partial charge on any atom is 0.226 e. The van der Waals surface area contributed by atoms with E-state index >= 15 is 0 Å². The van der Waals surface area contributed by atoms with Crippen LogP contribution in [0.3, 0.4) is 0 Å². The van der Waals surface area contributed by atoms with E-state index in [2.05, 4.69) is 37.1 Å². The van der Waals surface area contributed by atoms with Crippen LogP contribution in [0.25, 0.3) is 11.2 Å². The van der Waals surface area contributed by atoms with Crippen molar-refractivity contribution < 1.29 is 0 Å². The molecule has 6 nitrogen and oxygen atoms in total. The molecular weight excluding hydrogens is 240 g/mol. The number of H-pyrrole nitrogens is 1. The number of hydrogen-bond acceptors (Lipinski definition) is 5. The molecule has 1 aliphatic carbocycles. The second kappa shape index (κ2) is 5.03. The van der Waals surface area contributed by atoms with E-state index in [0.717, 1.165) is 36.0 Å². The van der Waals surface area contributed by atoms with Gasteiger partial charge >= 0.3 is 0 Å². The van der Waals surface area contributed by atoms with Crippen molar-refractivity contribution >= 4 is 22.9 Å². The highest BCUT2D eigenvalue weighted by Gasteiger charge is 2.23. The smallest absolute Gasteiger partial charge is 0.226 e. The van der Waals surface area contributed by atoms with Gasteiger partial charge in [-0.2, -0.15) is 9.97 Å². The molecule has 0 aliphatic heterocycles. The van der Waals surface area contributed by atoms with Gasteiger partial charge in [0.2, 0.25) is 5.95 Å². The van der Waals surface area contributed by atoms with E-state index in [0.29, 0.717) is 5.95 Å². The van der Waals surface area contributed by atoms with E-state index < -0.39 is 0 Å². The molecule has 0 atom stereocenters. The zero-order valence-corrected chi connectivity index (χ0v) is 11.5. The maximum atomic E-state index is 4.61. The third-order valence-electron chi connectivity index (χ3n) is 3.87. The van der Waals surface area contributed by atoms with E-state index in [1.165, 1.54) is 19.3 Å². The van der Waals surface area contributed by atoms with Gasteiger partial charge in [0, 0.05) is 20.1 Å². The molecule has 1 saturated carbocycles. The minimum absolute atomic E-state index is 0.627. The lowest BCUT2D eigenvalue weighted by Crippen LogP contribution is -2.33. The van der Waals surface area contributed by atoms with Crippen molar-refractivity contribution in [3.8, 4) is 0 Å².